The van der Waals surface area contributed by atoms with Gasteiger partial charge in [-0.25, -0.2) is 0 Å². The lowest BCUT2D eigenvalue weighted by molar-refractivity contribution is -0.156. The Balaban J connectivity index is 1.99. The molecule has 3 aliphatic heterocycles. The van der Waals surface area contributed by atoms with Gasteiger partial charge in [-0.1, -0.05) is 6.08 Å². The normalized spacial score (nSPS) is 35.3. The number of carbonyl (C=O) groups is 1. The smallest absolute Gasteiger partial charge is 0.306 e. The third-order valence-corrected chi connectivity index (χ3v) is 8.46. The number of nitrogens with zero attached hydrogens (tertiary/aromatic N) is 2. The molecule has 0 amide bonds. The van der Waals surface area contributed by atoms with E-state index in [-0.39, 0.29) is 45.9 Å². The van der Waals surface area contributed by atoms with Crippen LogP contribution in [-0.2, 0) is 29.7 Å². The third-order valence-electron chi connectivity index (χ3n) is 5.55. The molecular weight excluding hydrogens is 376 g/mol. The molecule has 2 fully saturated rings. The van der Waals surface area contributed by atoms with E-state index in [2.05, 4.69) is 39.2 Å². The van der Waals surface area contributed by atoms with Crippen LogP contribution in [0.15, 0.2) is 24.2 Å². The fourth-order valence-electron chi connectivity index (χ4n) is 4.48. The predicted molar refractivity (Wildman–Crippen MR) is 112 cm³/mol. The highest BCUT2D eigenvalue weighted by Gasteiger charge is 2.75. The first-order valence-electron chi connectivity index (χ1n) is 10.1. The minimum atomic E-state index is -0.474. The second kappa shape index (κ2) is 7.58. The fraction of sp³-hybridized carbons (Fsp3) is 0.762. The second-order valence-corrected chi connectivity index (χ2v) is 11.2. The molecule has 3 rings (SSSR count). The molecule has 1 spiro atoms. The van der Waals surface area contributed by atoms with E-state index in [0.29, 0.717) is 6.42 Å². The van der Waals surface area contributed by atoms with Crippen molar-refractivity contribution >= 4 is 17.1 Å². The number of carbonyl (C=O) groups excluding carboxylic acids is 1. The Morgan fingerprint density at radius 3 is 2.68 bits per heavy atom. The maximum atomic E-state index is 12.7. The van der Waals surface area contributed by atoms with E-state index in [1.54, 1.807) is 0 Å². The van der Waals surface area contributed by atoms with Crippen LogP contribution in [0.5, 0.6) is 0 Å². The lowest BCUT2D eigenvalue weighted by Gasteiger charge is -2.29. The van der Waals surface area contributed by atoms with Crippen molar-refractivity contribution in [2.24, 2.45) is 11.8 Å². The fourth-order valence-corrected chi connectivity index (χ4v) is 7.59. The van der Waals surface area contributed by atoms with Crippen LogP contribution in [0.2, 0.25) is 0 Å². The third kappa shape index (κ3) is 3.81. The molecule has 3 heterocycles. The molecule has 0 aliphatic carbocycles. The Labute approximate surface area is 172 Å². The number of ether oxygens (including phenoxy) is 1. The molecule has 0 aromatic heterocycles. The molecule has 6 nitrogen and oxygen atoms in total. The maximum absolute atomic E-state index is 12.7. The van der Waals surface area contributed by atoms with E-state index < -0.39 is 5.60 Å². The largest absolute Gasteiger partial charge is 0.460 e. The minimum Gasteiger partial charge on any atom is -0.460 e. The van der Waals surface area contributed by atoms with Gasteiger partial charge in [0.1, 0.15) is 23.5 Å². The van der Waals surface area contributed by atoms with Crippen molar-refractivity contribution in [1.82, 2.24) is 9.96 Å². The van der Waals surface area contributed by atoms with Crippen molar-refractivity contribution in [3.63, 3.8) is 0 Å². The lowest BCUT2D eigenvalue weighted by atomic mass is 9.77. The van der Waals surface area contributed by atoms with Gasteiger partial charge in [-0.05, 0) is 47.7 Å². The summed E-state index contributed by atoms with van der Waals surface area (Å²) >= 11 is -0.367. The van der Waals surface area contributed by atoms with Crippen molar-refractivity contribution in [2.75, 3.05) is 19.8 Å². The number of allylic oxidation sites excluding steroid dienone is 1. The van der Waals surface area contributed by atoms with E-state index in [1.807, 2.05) is 44.8 Å². The standard InChI is InChI=1S/C21H35N2O4S/c1-14(2)27-28-13-16(11-19(24)25-20(4,5)6)17-9-10-22(7)12-18-21(17,28)15(3)23(8)26-18/h9-10,12,14-17H,11,13H2,1-8H3/q+1/t15?,16-,17?,21?,28?/m1/s1. The van der Waals surface area contributed by atoms with Gasteiger partial charge in [-0.3, -0.25) is 4.79 Å². The quantitative estimate of drug-likeness (QED) is 0.523. The Kier molecular flexibility index (Phi) is 5.82. The molecule has 158 valence electrons. The first-order chi connectivity index (χ1) is 12.9. The Hall–Kier alpha value is -1.18. The van der Waals surface area contributed by atoms with Gasteiger partial charge >= 0.3 is 5.97 Å². The average Bonchev–Trinajstić information content (AvgIpc) is 2.87. The highest BCUT2D eigenvalue weighted by molar-refractivity contribution is 7.94. The monoisotopic (exact) mass is 411 g/mol. The molecule has 4 unspecified atom stereocenters. The lowest BCUT2D eigenvalue weighted by Crippen LogP contribution is -2.51. The maximum Gasteiger partial charge on any atom is 0.306 e. The summed E-state index contributed by atoms with van der Waals surface area (Å²) in [5.41, 5.74) is -0.474. The van der Waals surface area contributed by atoms with E-state index in [0.717, 1.165) is 11.5 Å². The molecular formula is C21H35N2O4S+. The number of hydrogen-bond acceptors (Lipinski definition) is 6. The van der Waals surface area contributed by atoms with Gasteiger partial charge < -0.3 is 14.5 Å². The van der Waals surface area contributed by atoms with Crippen molar-refractivity contribution in [1.29, 1.82) is 0 Å². The summed E-state index contributed by atoms with van der Waals surface area (Å²) in [6.45, 7) is 12.1. The molecule has 0 radical (unpaired) electrons. The van der Waals surface area contributed by atoms with Crippen molar-refractivity contribution in [3.05, 3.63) is 24.2 Å². The molecule has 3 aliphatic rings. The molecule has 0 saturated carbocycles. The van der Waals surface area contributed by atoms with Gasteiger partial charge in [0.2, 0.25) is 10.5 Å². The van der Waals surface area contributed by atoms with E-state index >= 15 is 0 Å². The Morgan fingerprint density at radius 1 is 1.39 bits per heavy atom. The van der Waals surface area contributed by atoms with Crippen molar-refractivity contribution in [3.8, 4) is 0 Å². The zero-order valence-corrected chi connectivity index (χ0v) is 19.2. The summed E-state index contributed by atoms with van der Waals surface area (Å²) in [4.78, 5) is 20.9. The van der Waals surface area contributed by atoms with Gasteiger partial charge in [0.05, 0.1) is 6.42 Å². The molecule has 7 heteroatoms. The molecule has 0 aromatic rings. The Morgan fingerprint density at radius 2 is 2.07 bits per heavy atom. The zero-order chi connectivity index (χ0) is 20.9. The highest BCUT2D eigenvalue weighted by atomic mass is 32.2. The number of hydroxylamine groups is 2. The molecule has 2 saturated heterocycles. The summed E-state index contributed by atoms with van der Waals surface area (Å²) in [6, 6.07) is 0.144. The summed E-state index contributed by atoms with van der Waals surface area (Å²) in [7, 11) is 3.99. The Bertz CT molecular complexity index is 672. The summed E-state index contributed by atoms with van der Waals surface area (Å²) < 4.78 is 11.8. The van der Waals surface area contributed by atoms with Crippen LogP contribution < -0.4 is 0 Å². The van der Waals surface area contributed by atoms with Crippen LogP contribution in [0, 0.1) is 11.8 Å². The van der Waals surface area contributed by atoms with Crippen LogP contribution in [0.3, 0.4) is 0 Å². The summed E-state index contributed by atoms with van der Waals surface area (Å²) in [6.07, 6.45) is 6.90. The first-order valence-corrected chi connectivity index (χ1v) is 11.4. The number of esters is 1. The summed E-state index contributed by atoms with van der Waals surface area (Å²) in [5.74, 6) is 1.95. The van der Waals surface area contributed by atoms with Gasteiger partial charge in [-0.15, -0.1) is 5.06 Å². The van der Waals surface area contributed by atoms with E-state index in [9.17, 15) is 4.79 Å². The average molecular weight is 412 g/mol. The molecule has 0 N–H and O–H groups in total. The van der Waals surface area contributed by atoms with Crippen molar-refractivity contribution in [2.45, 2.75) is 70.5 Å². The van der Waals surface area contributed by atoms with E-state index in [1.165, 1.54) is 0 Å². The van der Waals surface area contributed by atoms with Crippen LogP contribution in [0.25, 0.3) is 0 Å². The predicted octanol–water partition coefficient (Wildman–Crippen LogP) is 3.23. The van der Waals surface area contributed by atoms with Crippen LogP contribution in [-0.4, -0.2) is 58.3 Å². The van der Waals surface area contributed by atoms with Gasteiger partial charge in [0, 0.05) is 32.1 Å². The van der Waals surface area contributed by atoms with E-state index in [4.69, 9.17) is 13.8 Å². The van der Waals surface area contributed by atoms with Gasteiger partial charge in [0.25, 0.3) is 0 Å². The molecule has 28 heavy (non-hydrogen) atoms. The van der Waals surface area contributed by atoms with Crippen LogP contribution in [0.4, 0.5) is 0 Å². The van der Waals surface area contributed by atoms with Gasteiger partial charge in [-0.2, -0.15) is 4.18 Å². The molecule has 0 bridgehead atoms. The number of hydrogen-bond donors (Lipinski definition) is 0. The van der Waals surface area contributed by atoms with Gasteiger partial charge in [0.15, 0.2) is 11.2 Å². The second-order valence-electron chi connectivity index (χ2n) is 9.34. The van der Waals surface area contributed by atoms with Crippen LogP contribution >= 0.6 is 0 Å². The topological polar surface area (TPSA) is 51.2 Å². The SMILES string of the molecule is CC(C)O[S+]1C[C@@H](CC(=O)OC(C)(C)C)C2C=CN(C)C=C3ON(C)C(C)C321. The van der Waals surface area contributed by atoms with Crippen LogP contribution in [0.1, 0.15) is 48.0 Å². The number of rotatable bonds is 4. The van der Waals surface area contributed by atoms with Crippen molar-refractivity contribution < 1.29 is 18.6 Å². The molecule has 0 aromatic carbocycles. The first kappa shape index (κ1) is 21.5. The minimum absolute atomic E-state index is 0.114. The zero-order valence-electron chi connectivity index (χ0n) is 18.4. The molecule has 5 atom stereocenters. The highest BCUT2D eigenvalue weighted by Crippen LogP contribution is 2.57. The summed E-state index contributed by atoms with van der Waals surface area (Å²) in [5, 5.41) is 1.94.